The molecule has 1 fully saturated rings. The molecule has 1 aliphatic carbocycles. The minimum atomic E-state index is 0.607. The molecule has 1 aromatic heterocycles. The Labute approximate surface area is 116 Å². The van der Waals surface area contributed by atoms with Crippen molar-refractivity contribution in [1.29, 1.82) is 0 Å². The summed E-state index contributed by atoms with van der Waals surface area (Å²) in [5.41, 5.74) is 1.10. The molecule has 0 aliphatic heterocycles. The van der Waals surface area contributed by atoms with Gasteiger partial charge >= 0.3 is 0 Å². The van der Waals surface area contributed by atoms with E-state index in [9.17, 15) is 0 Å². The zero-order valence-electron chi connectivity index (χ0n) is 12.4. The van der Waals surface area contributed by atoms with Gasteiger partial charge in [0.1, 0.15) is 0 Å². The van der Waals surface area contributed by atoms with E-state index in [0.717, 1.165) is 24.4 Å². The summed E-state index contributed by atoms with van der Waals surface area (Å²) in [4.78, 5) is 2.30. The van der Waals surface area contributed by atoms with Gasteiger partial charge in [-0.2, -0.15) is 5.10 Å². The Bertz CT molecular complexity index is 368. The highest BCUT2D eigenvalue weighted by molar-refractivity contribution is 5.37. The lowest BCUT2D eigenvalue weighted by Gasteiger charge is -2.35. The van der Waals surface area contributed by atoms with Gasteiger partial charge in [-0.1, -0.05) is 13.3 Å². The van der Waals surface area contributed by atoms with E-state index in [2.05, 4.69) is 53.6 Å². The fourth-order valence-electron chi connectivity index (χ4n) is 2.87. The molecule has 0 spiro atoms. The fourth-order valence-corrected chi connectivity index (χ4v) is 2.87. The van der Waals surface area contributed by atoms with Gasteiger partial charge in [-0.3, -0.25) is 0 Å². The quantitative estimate of drug-likeness (QED) is 0.884. The Hall–Kier alpha value is -1.16. The zero-order valence-corrected chi connectivity index (χ0v) is 12.4. The van der Waals surface area contributed by atoms with Crippen molar-refractivity contribution in [3.8, 4) is 0 Å². The van der Waals surface area contributed by atoms with Crippen LogP contribution in [-0.4, -0.2) is 36.4 Å². The highest BCUT2D eigenvalue weighted by Gasteiger charge is 2.23. The zero-order chi connectivity index (χ0) is 13.7. The lowest BCUT2D eigenvalue weighted by Crippen LogP contribution is -2.40. The van der Waals surface area contributed by atoms with Crippen LogP contribution in [0.1, 0.15) is 44.7 Å². The van der Waals surface area contributed by atoms with Gasteiger partial charge in [0, 0.05) is 19.1 Å². The number of nitrogens with zero attached hydrogens (tertiary/aromatic N) is 3. The van der Waals surface area contributed by atoms with Crippen LogP contribution in [0, 0.1) is 0 Å². The van der Waals surface area contributed by atoms with Gasteiger partial charge in [-0.05, 0) is 51.3 Å². The van der Waals surface area contributed by atoms with E-state index in [1.54, 1.807) is 0 Å². The molecule has 0 atom stereocenters. The maximum absolute atomic E-state index is 4.37. The predicted octanol–water partition coefficient (Wildman–Crippen LogP) is 2.40. The van der Waals surface area contributed by atoms with Crippen LogP contribution >= 0.6 is 0 Å². The van der Waals surface area contributed by atoms with Gasteiger partial charge in [-0.25, -0.2) is 0 Å². The van der Waals surface area contributed by atoms with Crippen molar-refractivity contribution in [1.82, 2.24) is 15.5 Å². The average molecular weight is 262 g/mol. The standard InChI is InChI=1S/C15H26N4/c1-4-5-13-8-11-15(18-17-13)19(3)14-9-6-12(16-2)7-10-14/h8,11-12,14,16H,4-7,9-10H2,1-3H3. The lowest BCUT2D eigenvalue weighted by atomic mass is 9.90. The Morgan fingerprint density at radius 3 is 2.47 bits per heavy atom. The van der Waals surface area contributed by atoms with E-state index in [0.29, 0.717) is 12.1 Å². The number of rotatable bonds is 5. The Kier molecular flexibility index (Phi) is 5.14. The average Bonchev–Trinajstić information content (AvgIpc) is 2.48. The number of nitrogens with one attached hydrogen (secondary N) is 1. The number of aromatic nitrogens is 2. The monoisotopic (exact) mass is 262 g/mol. The predicted molar refractivity (Wildman–Crippen MR) is 79.5 cm³/mol. The summed E-state index contributed by atoms with van der Waals surface area (Å²) < 4.78 is 0. The lowest BCUT2D eigenvalue weighted by molar-refractivity contribution is 0.350. The molecule has 0 saturated heterocycles. The molecule has 2 rings (SSSR count). The van der Waals surface area contributed by atoms with Crippen molar-refractivity contribution in [3.05, 3.63) is 17.8 Å². The van der Waals surface area contributed by atoms with Crippen LogP contribution < -0.4 is 10.2 Å². The van der Waals surface area contributed by atoms with Crippen molar-refractivity contribution in [2.24, 2.45) is 0 Å². The molecule has 0 radical (unpaired) electrons. The van der Waals surface area contributed by atoms with E-state index < -0.39 is 0 Å². The number of aryl methyl sites for hydroxylation is 1. The van der Waals surface area contributed by atoms with Crippen LogP contribution in [0.25, 0.3) is 0 Å². The molecular weight excluding hydrogens is 236 g/mol. The molecule has 1 N–H and O–H groups in total. The molecule has 1 aromatic rings. The van der Waals surface area contributed by atoms with Gasteiger partial charge in [0.25, 0.3) is 0 Å². The molecule has 0 bridgehead atoms. The smallest absolute Gasteiger partial charge is 0.151 e. The van der Waals surface area contributed by atoms with E-state index in [-0.39, 0.29) is 0 Å². The first-order valence-corrected chi connectivity index (χ1v) is 7.47. The summed E-state index contributed by atoms with van der Waals surface area (Å²) in [6, 6.07) is 5.53. The molecule has 0 aromatic carbocycles. The Morgan fingerprint density at radius 2 is 1.95 bits per heavy atom. The summed E-state index contributed by atoms with van der Waals surface area (Å²) in [5.74, 6) is 1.01. The van der Waals surface area contributed by atoms with Crippen molar-refractivity contribution < 1.29 is 0 Å². The molecular formula is C15H26N4. The van der Waals surface area contributed by atoms with Crippen molar-refractivity contribution in [2.75, 3.05) is 19.0 Å². The van der Waals surface area contributed by atoms with Crippen LogP contribution in [0.5, 0.6) is 0 Å². The van der Waals surface area contributed by atoms with E-state index in [1.165, 1.54) is 25.7 Å². The third kappa shape index (κ3) is 3.66. The van der Waals surface area contributed by atoms with Crippen LogP contribution in [0.2, 0.25) is 0 Å². The highest BCUT2D eigenvalue weighted by atomic mass is 15.3. The van der Waals surface area contributed by atoms with Gasteiger partial charge in [0.15, 0.2) is 5.82 Å². The molecule has 4 nitrogen and oxygen atoms in total. The molecule has 0 amide bonds. The molecule has 19 heavy (non-hydrogen) atoms. The fraction of sp³-hybridized carbons (Fsp3) is 0.733. The maximum atomic E-state index is 4.37. The SMILES string of the molecule is CCCc1ccc(N(C)C2CCC(NC)CC2)nn1. The second-order valence-electron chi connectivity index (χ2n) is 5.54. The third-order valence-electron chi connectivity index (χ3n) is 4.23. The second-order valence-corrected chi connectivity index (χ2v) is 5.54. The first-order valence-electron chi connectivity index (χ1n) is 7.47. The van der Waals surface area contributed by atoms with E-state index in [1.807, 2.05) is 0 Å². The summed E-state index contributed by atoms with van der Waals surface area (Å²) in [5, 5.41) is 12.1. The van der Waals surface area contributed by atoms with Gasteiger partial charge in [0.2, 0.25) is 0 Å². The first kappa shape index (κ1) is 14.3. The molecule has 1 heterocycles. The second kappa shape index (κ2) is 6.85. The first-order chi connectivity index (χ1) is 9.24. The summed E-state index contributed by atoms with van der Waals surface area (Å²) in [6.45, 7) is 2.17. The summed E-state index contributed by atoms with van der Waals surface area (Å²) in [7, 11) is 4.21. The molecule has 4 heteroatoms. The van der Waals surface area contributed by atoms with E-state index >= 15 is 0 Å². The number of hydrogen-bond acceptors (Lipinski definition) is 4. The summed E-state index contributed by atoms with van der Waals surface area (Å²) >= 11 is 0. The van der Waals surface area contributed by atoms with Crippen molar-refractivity contribution in [2.45, 2.75) is 57.5 Å². The molecule has 0 unspecified atom stereocenters. The molecule has 1 saturated carbocycles. The minimum Gasteiger partial charge on any atom is -0.355 e. The van der Waals surface area contributed by atoms with Crippen LogP contribution in [0.4, 0.5) is 5.82 Å². The van der Waals surface area contributed by atoms with E-state index in [4.69, 9.17) is 0 Å². The van der Waals surface area contributed by atoms with Crippen molar-refractivity contribution in [3.63, 3.8) is 0 Å². The van der Waals surface area contributed by atoms with Crippen LogP contribution in [0.15, 0.2) is 12.1 Å². The third-order valence-corrected chi connectivity index (χ3v) is 4.23. The van der Waals surface area contributed by atoms with Crippen LogP contribution in [0.3, 0.4) is 0 Å². The Morgan fingerprint density at radius 1 is 1.21 bits per heavy atom. The van der Waals surface area contributed by atoms with Gasteiger partial charge < -0.3 is 10.2 Å². The number of anilines is 1. The molecule has 1 aliphatic rings. The highest BCUT2D eigenvalue weighted by Crippen LogP contribution is 2.25. The van der Waals surface area contributed by atoms with Gasteiger partial charge in [-0.15, -0.1) is 5.10 Å². The largest absolute Gasteiger partial charge is 0.355 e. The summed E-state index contributed by atoms with van der Waals surface area (Å²) in [6.07, 6.45) is 7.13. The van der Waals surface area contributed by atoms with Gasteiger partial charge in [0.05, 0.1) is 5.69 Å². The minimum absolute atomic E-state index is 0.607. The van der Waals surface area contributed by atoms with Crippen LogP contribution in [-0.2, 0) is 6.42 Å². The van der Waals surface area contributed by atoms with Crippen molar-refractivity contribution >= 4 is 5.82 Å². The molecule has 106 valence electrons. The topological polar surface area (TPSA) is 41.0 Å². The maximum Gasteiger partial charge on any atom is 0.151 e. The Balaban J connectivity index is 1.94. The normalized spacial score (nSPS) is 23.3. The number of hydrogen-bond donors (Lipinski definition) is 1.